The van der Waals surface area contributed by atoms with Crippen LogP contribution in [0.25, 0.3) is 0 Å². The molecule has 0 fully saturated rings. The third-order valence-corrected chi connectivity index (χ3v) is 2.66. The molecule has 110 valence electrons. The molecule has 0 radical (unpaired) electrons. The summed E-state index contributed by atoms with van der Waals surface area (Å²) in [6.45, 7) is 0. The third-order valence-electron chi connectivity index (χ3n) is 2.35. The van der Waals surface area contributed by atoms with E-state index in [1.165, 1.54) is 12.1 Å². The number of para-hydroxylation sites is 2. The molecule has 0 amide bonds. The summed E-state index contributed by atoms with van der Waals surface area (Å²) in [5.41, 5.74) is 6.47. The van der Waals surface area contributed by atoms with Gasteiger partial charge in [-0.05, 0) is 29.3 Å². The summed E-state index contributed by atoms with van der Waals surface area (Å²) >= 11 is 0. The van der Waals surface area contributed by atoms with E-state index in [4.69, 9.17) is 5.73 Å². The van der Waals surface area contributed by atoms with Crippen molar-refractivity contribution in [3.05, 3.63) is 60.7 Å². The molecule has 2 aromatic rings. The number of guanidine groups is 1. The lowest BCUT2D eigenvalue weighted by atomic mass is 10.3. The zero-order valence-electron chi connectivity index (χ0n) is 10.8. The Hall–Kier alpha value is -2.16. The summed E-state index contributed by atoms with van der Waals surface area (Å²) in [6, 6.07) is 16.6. The molecule has 0 atom stereocenters. The van der Waals surface area contributed by atoms with Crippen molar-refractivity contribution in [2.24, 2.45) is 10.7 Å². The van der Waals surface area contributed by atoms with Crippen LogP contribution in [0.4, 0.5) is 11.4 Å². The number of nitrogens with two attached hydrogens (primary N) is 1. The van der Waals surface area contributed by atoms with Gasteiger partial charge in [0.05, 0.1) is 11.4 Å². The van der Waals surface area contributed by atoms with E-state index in [2.05, 4.69) is 9.38 Å². The van der Waals surface area contributed by atoms with Crippen LogP contribution < -0.4 is 24.8 Å². The van der Waals surface area contributed by atoms with Crippen LogP contribution in [0.3, 0.4) is 0 Å². The zero-order valence-corrected chi connectivity index (χ0v) is 11.5. The van der Waals surface area contributed by atoms with E-state index in [9.17, 15) is 14.0 Å². The van der Waals surface area contributed by atoms with Gasteiger partial charge in [0.25, 0.3) is 0 Å². The minimum absolute atomic E-state index is 0.251. The van der Waals surface area contributed by atoms with Crippen molar-refractivity contribution in [2.45, 2.75) is 0 Å². The van der Waals surface area contributed by atoms with Gasteiger partial charge in [0.1, 0.15) is 10.2 Å². The molecule has 0 aliphatic heterocycles. The maximum Gasteiger partial charge on any atom is 0.240 e. The van der Waals surface area contributed by atoms with Gasteiger partial charge >= 0.3 is 0 Å². The van der Waals surface area contributed by atoms with Crippen LogP contribution in [0, 0.1) is 10.2 Å². The van der Waals surface area contributed by atoms with E-state index in [1.807, 2.05) is 0 Å². The molecule has 2 aromatic carbocycles. The minimum Gasteiger partial charge on any atom is -0.367 e. The molecule has 0 unspecified atom stereocenters. The highest BCUT2D eigenvalue weighted by molar-refractivity contribution is 5.94. The average molecular weight is 310 g/mol. The molecule has 0 aromatic heterocycles. The minimum atomic E-state index is -4.71. The first-order valence-corrected chi connectivity index (χ1v) is 7.04. The van der Waals surface area contributed by atoms with Crippen molar-refractivity contribution in [3.63, 3.8) is 0 Å². The van der Waals surface area contributed by atoms with Crippen LogP contribution in [0.15, 0.2) is 65.7 Å². The van der Waals surface area contributed by atoms with Crippen LogP contribution >= 0.6 is 0 Å². The Morgan fingerprint density at radius 1 is 0.952 bits per heavy atom. The smallest absolute Gasteiger partial charge is 0.240 e. The third kappa shape index (κ3) is 4.71. The Kier molecular flexibility index (Phi) is 4.73. The number of rotatable bonds is 4. The fraction of sp³-hybridized carbons (Fsp3) is 0. The Labute approximate surface area is 123 Å². The molecule has 2 rings (SSSR count). The molecule has 0 saturated heterocycles. The molecular weight excluding hydrogens is 298 g/mol. The Morgan fingerprint density at radius 2 is 1.48 bits per heavy atom. The highest BCUT2D eigenvalue weighted by Crippen LogP contribution is 2.17. The standard InChI is InChI=1S/C13H12ClN3O4/c15-13(16-11-7-3-1-4-8-11)17(21-14(18,19)20)12-9-5-2-6-10-12/h1-10H,(H2,15,16). The maximum atomic E-state index is 10.8. The molecule has 0 aliphatic carbocycles. The van der Waals surface area contributed by atoms with Gasteiger partial charge < -0.3 is 5.73 Å². The van der Waals surface area contributed by atoms with Crippen molar-refractivity contribution >= 4 is 17.3 Å². The van der Waals surface area contributed by atoms with Crippen molar-refractivity contribution in [1.82, 2.24) is 0 Å². The van der Waals surface area contributed by atoms with Gasteiger partial charge in [-0.1, -0.05) is 36.4 Å². The number of aliphatic imine (C=N–C) groups is 1. The highest BCUT2D eigenvalue weighted by Gasteiger charge is 2.30. The van der Waals surface area contributed by atoms with Crippen molar-refractivity contribution in [1.29, 1.82) is 0 Å². The molecule has 21 heavy (non-hydrogen) atoms. The Bertz CT molecular complexity index is 602. The first-order chi connectivity index (χ1) is 9.96. The van der Waals surface area contributed by atoms with Gasteiger partial charge in [-0.25, -0.2) is 4.99 Å². The van der Waals surface area contributed by atoms with Crippen molar-refractivity contribution < 1.29 is 28.6 Å². The first kappa shape index (κ1) is 15.2. The van der Waals surface area contributed by atoms with Gasteiger partial charge in [-0.3, -0.25) is 0 Å². The predicted octanol–water partition coefficient (Wildman–Crippen LogP) is -1.03. The van der Waals surface area contributed by atoms with Crippen LogP contribution in [-0.4, -0.2) is 5.96 Å². The Morgan fingerprint density at radius 3 is 2.00 bits per heavy atom. The summed E-state index contributed by atoms with van der Waals surface area (Å²) in [5.74, 6) is -0.292. The summed E-state index contributed by atoms with van der Waals surface area (Å²) in [4.78, 5) is 4.01. The highest BCUT2D eigenvalue weighted by atomic mass is 35.7. The van der Waals surface area contributed by atoms with Gasteiger partial charge in [0, 0.05) is 0 Å². The predicted molar refractivity (Wildman–Crippen MR) is 67.7 cm³/mol. The van der Waals surface area contributed by atoms with Crippen LogP contribution in [0.1, 0.15) is 0 Å². The van der Waals surface area contributed by atoms with Crippen molar-refractivity contribution in [3.8, 4) is 0 Å². The second kappa shape index (κ2) is 6.53. The van der Waals surface area contributed by atoms with Crippen LogP contribution in [0.5, 0.6) is 0 Å². The molecule has 7 nitrogen and oxygen atoms in total. The molecule has 0 saturated carbocycles. The van der Waals surface area contributed by atoms with E-state index in [0.717, 1.165) is 0 Å². The normalized spacial score (nSPS) is 12.2. The monoisotopic (exact) mass is 309 g/mol. The zero-order chi connectivity index (χ0) is 15.3. The summed E-state index contributed by atoms with van der Waals surface area (Å²) in [6.07, 6.45) is 0. The average Bonchev–Trinajstić information content (AvgIpc) is 2.46. The van der Waals surface area contributed by atoms with E-state index >= 15 is 0 Å². The lowest BCUT2D eigenvalue weighted by Gasteiger charge is -2.20. The second-order valence-electron chi connectivity index (χ2n) is 3.88. The lowest BCUT2D eigenvalue weighted by molar-refractivity contribution is -1.92. The first-order valence-electron chi connectivity index (χ1n) is 5.80. The number of hydrogen-bond donors (Lipinski definition) is 1. The largest absolute Gasteiger partial charge is 0.367 e. The number of benzene rings is 2. The molecule has 2 N–H and O–H groups in total. The number of anilines is 1. The fourth-order valence-electron chi connectivity index (χ4n) is 1.54. The van der Waals surface area contributed by atoms with Gasteiger partial charge in [-0.2, -0.15) is 14.0 Å². The Balaban J connectivity index is 2.33. The van der Waals surface area contributed by atoms with Gasteiger partial charge in [-0.15, -0.1) is 0 Å². The number of hydrogen-bond acceptors (Lipinski definition) is 5. The van der Waals surface area contributed by atoms with E-state index in [-0.39, 0.29) is 11.6 Å². The molecule has 8 heteroatoms. The van der Waals surface area contributed by atoms with Crippen molar-refractivity contribution in [2.75, 3.05) is 5.06 Å². The van der Waals surface area contributed by atoms with Gasteiger partial charge in [0.15, 0.2) is 0 Å². The fourth-order valence-corrected chi connectivity index (χ4v) is 1.85. The van der Waals surface area contributed by atoms with E-state index in [1.54, 1.807) is 48.5 Å². The molecule has 0 aliphatic rings. The van der Waals surface area contributed by atoms with Crippen LogP contribution in [-0.2, 0) is 4.39 Å². The molecular formula is C13H12ClN3O4. The quantitative estimate of drug-likeness (QED) is 0.438. The summed E-state index contributed by atoms with van der Waals surface area (Å²) < 4.78 is 36.8. The molecule has 0 bridgehead atoms. The molecule has 0 heterocycles. The van der Waals surface area contributed by atoms with Crippen LogP contribution in [0.2, 0.25) is 0 Å². The lowest BCUT2D eigenvalue weighted by Crippen LogP contribution is -2.64. The number of hydroxylamine groups is 1. The topological polar surface area (TPSA) is 120 Å². The maximum absolute atomic E-state index is 10.8. The van der Waals surface area contributed by atoms with E-state index in [0.29, 0.717) is 10.8 Å². The second-order valence-corrected chi connectivity index (χ2v) is 4.78. The SMILES string of the molecule is NC(=Nc1ccccc1)N(O[Cl+3]([O-])([O-])[O-])c1ccccc1. The number of halogens is 1. The number of nitrogens with zero attached hydrogens (tertiary/aromatic N) is 2. The van der Waals surface area contributed by atoms with Gasteiger partial charge in [0.2, 0.25) is 10.3 Å². The molecule has 0 spiro atoms. The van der Waals surface area contributed by atoms with E-state index < -0.39 is 10.2 Å². The summed E-state index contributed by atoms with van der Waals surface area (Å²) in [7, 11) is -4.71. The summed E-state index contributed by atoms with van der Waals surface area (Å²) in [5, 5.41) is 0.650.